The summed E-state index contributed by atoms with van der Waals surface area (Å²) in [5, 5.41) is 3.04. The van der Waals surface area contributed by atoms with E-state index in [-0.39, 0.29) is 18.1 Å². The van der Waals surface area contributed by atoms with Gasteiger partial charge in [-0.05, 0) is 75.3 Å². The monoisotopic (exact) mass is 410 g/mol. The molecule has 2 heterocycles. The Kier molecular flexibility index (Phi) is 7.21. The Hall–Kier alpha value is -2.73. The Bertz CT molecular complexity index is 1020. The number of pyridine rings is 1. The number of hydrogen-bond donors (Lipinski definition) is 1. The molecule has 0 aliphatic heterocycles. The first kappa shape index (κ1) is 22.0. The van der Waals surface area contributed by atoms with Crippen LogP contribution in [0.15, 0.2) is 36.5 Å². The van der Waals surface area contributed by atoms with E-state index in [0.29, 0.717) is 12.1 Å². The Morgan fingerprint density at radius 1 is 1.17 bits per heavy atom. The van der Waals surface area contributed by atoms with Crippen molar-refractivity contribution in [2.24, 2.45) is 0 Å². The third kappa shape index (κ3) is 5.05. The van der Waals surface area contributed by atoms with Crippen molar-refractivity contribution < 1.29 is 9.18 Å². The van der Waals surface area contributed by atoms with Gasteiger partial charge >= 0.3 is 0 Å². The minimum absolute atomic E-state index is 0.0297. The molecule has 5 nitrogen and oxygen atoms in total. The number of nitrogens with one attached hydrogen (secondary N) is 1. The van der Waals surface area contributed by atoms with E-state index < -0.39 is 0 Å². The zero-order chi connectivity index (χ0) is 21.7. The van der Waals surface area contributed by atoms with Gasteiger partial charge in [0, 0.05) is 18.3 Å². The smallest absolute Gasteiger partial charge is 0.226 e. The summed E-state index contributed by atoms with van der Waals surface area (Å²) in [6, 6.07) is 8.91. The summed E-state index contributed by atoms with van der Waals surface area (Å²) in [5.74, 6) is -0.274. The van der Waals surface area contributed by atoms with Gasteiger partial charge in [0.1, 0.15) is 11.5 Å². The van der Waals surface area contributed by atoms with Gasteiger partial charge in [0.25, 0.3) is 0 Å². The lowest BCUT2D eigenvalue weighted by molar-refractivity contribution is -0.120. The van der Waals surface area contributed by atoms with Gasteiger partial charge in [-0.15, -0.1) is 0 Å². The number of benzene rings is 1. The number of aromatic nitrogens is 2. The second-order valence-corrected chi connectivity index (χ2v) is 7.71. The average Bonchev–Trinajstić information content (AvgIpc) is 3.07. The maximum Gasteiger partial charge on any atom is 0.226 e. The zero-order valence-electron chi connectivity index (χ0n) is 18.3. The van der Waals surface area contributed by atoms with Gasteiger partial charge in [-0.1, -0.05) is 19.9 Å². The molecule has 0 atom stereocenters. The van der Waals surface area contributed by atoms with Gasteiger partial charge in [-0.3, -0.25) is 4.79 Å². The highest BCUT2D eigenvalue weighted by atomic mass is 19.1. The third-order valence-corrected chi connectivity index (χ3v) is 5.49. The highest BCUT2D eigenvalue weighted by Crippen LogP contribution is 2.27. The normalized spacial score (nSPS) is 11.4. The quantitative estimate of drug-likeness (QED) is 0.539. The number of hydrogen-bond acceptors (Lipinski definition) is 3. The minimum Gasteiger partial charge on any atom is -0.356 e. The molecule has 0 aliphatic rings. The number of fused-ring (bicyclic) bond motifs is 1. The summed E-state index contributed by atoms with van der Waals surface area (Å²) < 4.78 is 15.7. The van der Waals surface area contributed by atoms with Crippen LogP contribution in [-0.2, 0) is 11.2 Å². The van der Waals surface area contributed by atoms with E-state index in [2.05, 4.69) is 24.1 Å². The number of carbonyl (C=O) groups is 1. The fourth-order valence-corrected chi connectivity index (χ4v) is 3.68. The number of nitrogens with zero attached hydrogens (tertiary/aromatic N) is 3. The van der Waals surface area contributed by atoms with E-state index in [1.165, 1.54) is 6.07 Å². The fourth-order valence-electron chi connectivity index (χ4n) is 3.68. The predicted molar refractivity (Wildman–Crippen MR) is 119 cm³/mol. The summed E-state index contributed by atoms with van der Waals surface area (Å²) in [7, 11) is 0. The van der Waals surface area contributed by atoms with Crippen molar-refractivity contribution in [1.82, 2.24) is 19.6 Å². The number of aryl methyl sites for hydroxylation is 2. The fraction of sp³-hybridized carbons (Fsp3) is 0.417. The minimum atomic E-state index is -0.245. The van der Waals surface area contributed by atoms with Gasteiger partial charge < -0.3 is 14.6 Å². The van der Waals surface area contributed by atoms with Crippen molar-refractivity contribution in [3.05, 3.63) is 59.2 Å². The zero-order valence-corrected chi connectivity index (χ0v) is 18.3. The molecule has 0 radical (unpaired) electrons. The number of halogens is 1. The number of amides is 1. The molecule has 0 unspecified atom stereocenters. The van der Waals surface area contributed by atoms with Crippen molar-refractivity contribution in [1.29, 1.82) is 0 Å². The molecule has 0 saturated heterocycles. The topological polar surface area (TPSA) is 49.6 Å². The molecule has 0 bridgehead atoms. The lowest BCUT2D eigenvalue weighted by Gasteiger charge is -2.17. The third-order valence-electron chi connectivity index (χ3n) is 5.49. The van der Waals surface area contributed by atoms with E-state index >= 15 is 0 Å². The van der Waals surface area contributed by atoms with Crippen LogP contribution in [0.2, 0.25) is 0 Å². The van der Waals surface area contributed by atoms with Crippen LogP contribution in [0.25, 0.3) is 16.9 Å². The molecule has 0 aliphatic carbocycles. The van der Waals surface area contributed by atoms with Crippen molar-refractivity contribution >= 4 is 11.6 Å². The van der Waals surface area contributed by atoms with Crippen molar-refractivity contribution in [3.8, 4) is 11.3 Å². The molecule has 160 valence electrons. The predicted octanol–water partition coefficient (Wildman–Crippen LogP) is 4.15. The van der Waals surface area contributed by atoms with Crippen LogP contribution in [-0.4, -0.2) is 46.4 Å². The van der Waals surface area contributed by atoms with Crippen molar-refractivity contribution in [3.63, 3.8) is 0 Å². The SMILES string of the molecule is CCN(CC)CCCNC(=O)Cc1c(-c2ccc(F)c(C)c2)nc2ccc(C)cn12. The van der Waals surface area contributed by atoms with Crippen molar-refractivity contribution in [2.45, 2.75) is 40.5 Å². The van der Waals surface area contributed by atoms with Gasteiger partial charge in [-0.25, -0.2) is 9.37 Å². The van der Waals surface area contributed by atoms with E-state index in [4.69, 9.17) is 4.98 Å². The lowest BCUT2D eigenvalue weighted by atomic mass is 10.1. The highest BCUT2D eigenvalue weighted by molar-refractivity contribution is 5.81. The van der Waals surface area contributed by atoms with Crippen LogP contribution in [0.5, 0.6) is 0 Å². The van der Waals surface area contributed by atoms with E-state index in [1.54, 1.807) is 19.1 Å². The van der Waals surface area contributed by atoms with E-state index in [9.17, 15) is 9.18 Å². The van der Waals surface area contributed by atoms with Crippen molar-refractivity contribution in [2.75, 3.05) is 26.2 Å². The molecule has 2 aromatic heterocycles. The van der Waals surface area contributed by atoms with Crippen LogP contribution in [0.1, 0.15) is 37.1 Å². The largest absolute Gasteiger partial charge is 0.356 e. The molecule has 0 saturated carbocycles. The molecule has 1 amide bonds. The van der Waals surface area contributed by atoms with E-state index in [1.807, 2.05) is 29.7 Å². The average molecular weight is 411 g/mol. The first-order valence-electron chi connectivity index (χ1n) is 10.7. The molecular weight excluding hydrogens is 379 g/mol. The summed E-state index contributed by atoms with van der Waals surface area (Å²) >= 11 is 0. The number of imidazole rings is 1. The number of carbonyl (C=O) groups excluding carboxylic acids is 1. The second-order valence-electron chi connectivity index (χ2n) is 7.71. The van der Waals surface area contributed by atoms with Crippen LogP contribution < -0.4 is 5.32 Å². The van der Waals surface area contributed by atoms with Gasteiger partial charge in [0.15, 0.2) is 0 Å². The van der Waals surface area contributed by atoms with Crippen LogP contribution in [0.3, 0.4) is 0 Å². The van der Waals surface area contributed by atoms with Crippen LogP contribution >= 0.6 is 0 Å². The molecule has 6 heteroatoms. The first-order valence-corrected chi connectivity index (χ1v) is 10.7. The Morgan fingerprint density at radius 2 is 1.93 bits per heavy atom. The van der Waals surface area contributed by atoms with Gasteiger partial charge in [0.2, 0.25) is 5.91 Å². The maximum atomic E-state index is 13.8. The summed E-state index contributed by atoms with van der Waals surface area (Å²) in [6.07, 6.45) is 3.14. The van der Waals surface area contributed by atoms with E-state index in [0.717, 1.165) is 54.2 Å². The summed E-state index contributed by atoms with van der Waals surface area (Å²) in [4.78, 5) is 19.8. The maximum absolute atomic E-state index is 13.8. The Morgan fingerprint density at radius 3 is 2.63 bits per heavy atom. The molecular formula is C24H31FN4O. The Balaban J connectivity index is 1.82. The summed E-state index contributed by atoms with van der Waals surface area (Å²) in [5.41, 5.74) is 4.79. The standard InChI is InChI=1S/C24H31FN4O/c1-5-28(6-2)13-7-12-26-23(30)15-21-24(19-9-10-20(25)18(4)14-19)27-22-11-8-17(3)16-29(21)22/h8-11,14,16H,5-7,12-13,15H2,1-4H3,(H,26,30). The first-order chi connectivity index (χ1) is 14.4. The van der Waals surface area contributed by atoms with Gasteiger partial charge in [0.05, 0.1) is 17.8 Å². The molecule has 0 fully saturated rings. The molecule has 3 aromatic rings. The van der Waals surface area contributed by atoms with Gasteiger partial charge in [-0.2, -0.15) is 0 Å². The van der Waals surface area contributed by atoms with Crippen LogP contribution in [0.4, 0.5) is 4.39 Å². The molecule has 30 heavy (non-hydrogen) atoms. The molecule has 1 N–H and O–H groups in total. The molecule has 1 aromatic carbocycles. The molecule has 0 spiro atoms. The lowest BCUT2D eigenvalue weighted by Crippen LogP contribution is -2.31. The summed E-state index contributed by atoms with van der Waals surface area (Å²) in [6.45, 7) is 11.7. The molecule has 3 rings (SSSR count). The highest BCUT2D eigenvalue weighted by Gasteiger charge is 2.18. The van der Waals surface area contributed by atoms with Crippen LogP contribution in [0, 0.1) is 19.7 Å². The number of rotatable bonds is 9. The Labute approximate surface area is 177 Å². The second kappa shape index (κ2) is 9.85.